The van der Waals surface area contributed by atoms with Crippen molar-refractivity contribution in [2.24, 2.45) is 17.6 Å². The summed E-state index contributed by atoms with van der Waals surface area (Å²) < 4.78 is 0. The maximum atomic E-state index is 14.0. The van der Waals surface area contributed by atoms with E-state index in [0.29, 0.717) is 24.9 Å². The maximum Gasteiger partial charge on any atom is 0.255 e. The number of aliphatic hydroxyl groups is 3. The zero-order valence-corrected chi connectivity index (χ0v) is 25.1. The molecule has 4 atom stereocenters. The number of hydrogen-bond acceptors (Lipinski definition) is 10. The summed E-state index contributed by atoms with van der Waals surface area (Å²) in [5.74, 6) is -6.70. The maximum absolute atomic E-state index is 14.0. The summed E-state index contributed by atoms with van der Waals surface area (Å²) in [5, 5.41) is 45.1. The summed E-state index contributed by atoms with van der Waals surface area (Å²) in [6.07, 6.45) is 1.21. The summed E-state index contributed by atoms with van der Waals surface area (Å²) in [4.78, 5) is 54.9. The Bertz CT molecular complexity index is 1640. The Hall–Kier alpha value is -4.32. The molecule has 0 saturated heterocycles. The average molecular weight is 604 g/mol. The van der Waals surface area contributed by atoms with Crippen molar-refractivity contribution in [1.29, 1.82) is 0 Å². The van der Waals surface area contributed by atoms with Gasteiger partial charge in [0.2, 0.25) is 5.78 Å². The van der Waals surface area contributed by atoms with E-state index < -0.39 is 58.0 Å². The SMILES string of the molecule is CN(C)CC(=O)CCc1ccc(-c2ccc(O)c3c2CC2CC4C(N(C)C)C(=O)C(C(N)=O)=C(O)C4(O)C(=O)C2=C3O)cc1. The largest absolute Gasteiger partial charge is 0.508 e. The Morgan fingerprint density at radius 1 is 1.00 bits per heavy atom. The zero-order valence-electron chi connectivity index (χ0n) is 25.1. The van der Waals surface area contributed by atoms with Crippen LogP contribution in [0, 0.1) is 11.8 Å². The van der Waals surface area contributed by atoms with Gasteiger partial charge in [-0.05, 0) is 81.7 Å². The minimum Gasteiger partial charge on any atom is -0.508 e. The van der Waals surface area contributed by atoms with Crippen LogP contribution in [0.25, 0.3) is 16.9 Å². The molecule has 11 nitrogen and oxygen atoms in total. The molecule has 0 bridgehead atoms. The van der Waals surface area contributed by atoms with Crippen LogP contribution in [-0.4, -0.2) is 99.9 Å². The molecule has 6 N–H and O–H groups in total. The summed E-state index contributed by atoms with van der Waals surface area (Å²) in [6.45, 7) is 0.379. The Morgan fingerprint density at radius 2 is 1.66 bits per heavy atom. The van der Waals surface area contributed by atoms with Gasteiger partial charge in [0.15, 0.2) is 11.4 Å². The van der Waals surface area contributed by atoms with Crippen LogP contribution >= 0.6 is 0 Å². The highest BCUT2D eigenvalue weighted by atomic mass is 16.3. The molecule has 11 heteroatoms. The lowest BCUT2D eigenvalue weighted by atomic mass is 9.57. The highest BCUT2D eigenvalue weighted by molar-refractivity contribution is 6.24. The number of hydrogen-bond donors (Lipinski definition) is 5. The number of Topliss-reactive ketones (excluding diaryl/α,β-unsaturated/α-hetero) is 3. The number of phenolic OH excluding ortho intramolecular Hbond substituents is 1. The van der Waals surface area contributed by atoms with Crippen molar-refractivity contribution in [2.75, 3.05) is 34.7 Å². The first-order valence-corrected chi connectivity index (χ1v) is 14.4. The van der Waals surface area contributed by atoms with Crippen molar-refractivity contribution < 1.29 is 39.6 Å². The van der Waals surface area contributed by atoms with Crippen molar-refractivity contribution in [3.63, 3.8) is 0 Å². The summed E-state index contributed by atoms with van der Waals surface area (Å²) in [5.41, 5.74) is 4.78. The van der Waals surface area contributed by atoms with Gasteiger partial charge in [0.25, 0.3) is 5.91 Å². The predicted molar refractivity (Wildman–Crippen MR) is 162 cm³/mol. The van der Waals surface area contributed by atoms with Crippen LogP contribution in [0.2, 0.25) is 0 Å². The Morgan fingerprint density at radius 3 is 2.25 bits per heavy atom. The van der Waals surface area contributed by atoms with E-state index in [1.54, 1.807) is 20.2 Å². The molecular weight excluding hydrogens is 566 g/mol. The molecule has 2 aromatic carbocycles. The second-order valence-electron chi connectivity index (χ2n) is 12.4. The molecule has 44 heavy (non-hydrogen) atoms. The predicted octanol–water partition coefficient (Wildman–Crippen LogP) is 1.69. The lowest BCUT2D eigenvalue weighted by Crippen LogP contribution is -2.65. The summed E-state index contributed by atoms with van der Waals surface area (Å²) in [7, 11) is 6.82. The number of phenols is 1. The van der Waals surface area contributed by atoms with Crippen LogP contribution in [0.3, 0.4) is 0 Å². The molecule has 232 valence electrons. The molecular formula is C33H37N3O8. The smallest absolute Gasteiger partial charge is 0.255 e. The van der Waals surface area contributed by atoms with Gasteiger partial charge in [0.1, 0.15) is 28.6 Å². The lowest BCUT2D eigenvalue weighted by Gasteiger charge is -2.50. The van der Waals surface area contributed by atoms with Gasteiger partial charge >= 0.3 is 0 Å². The van der Waals surface area contributed by atoms with Crippen molar-refractivity contribution in [1.82, 2.24) is 9.80 Å². The Kier molecular flexibility index (Phi) is 8.00. The molecule has 0 spiro atoms. The quantitative estimate of drug-likeness (QED) is 0.279. The fourth-order valence-electron chi connectivity index (χ4n) is 7.08. The van der Waals surface area contributed by atoms with E-state index >= 15 is 0 Å². The van der Waals surface area contributed by atoms with Crippen LogP contribution in [0.5, 0.6) is 5.75 Å². The van der Waals surface area contributed by atoms with Gasteiger partial charge in [-0.2, -0.15) is 0 Å². The number of amides is 1. The van der Waals surface area contributed by atoms with E-state index in [1.165, 1.54) is 11.0 Å². The second-order valence-corrected chi connectivity index (χ2v) is 12.4. The van der Waals surface area contributed by atoms with E-state index in [0.717, 1.165) is 16.7 Å². The van der Waals surface area contributed by atoms with Gasteiger partial charge in [-0.1, -0.05) is 30.3 Å². The van der Waals surface area contributed by atoms with Crippen LogP contribution in [0.15, 0.2) is 53.3 Å². The van der Waals surface area contributed by atoms with E-state index in [9.17, 15) is 39.6 Å². The zero-order chi connectivity index (χ0) is 32.2. The van der Waals surface area contributed by atoms with Crippen molar-refractivity contribution in [3.8, 4) is 16.9 Å². The molecule has 1 saturated carbocycles. The highest BCUT2D eigenvalue weighted by Gasteiger charge is 2.64. The van der Waals surface area contributed by atoms with E-state index in [-0.39, 0.29) is 35.5 Å². The number of carbonyl (C=O) groups excluding carboxylic acids is 4. The monoisotopic (exact) mass is 603 g/mol. The molecule has 4 unspecified atom stereocenters. The number of aromatic hydroxyl groups is 1. The molecule has 0 radical (unpaired) electrons. The fraction of sp³-hybridized carbons (Fsp3) is 0.394. The number of nitrogens with zero attached hydrogens (tertiary/aromatic N) is 2. The summed E-state index contributed by atoms with van der Waals surface area (Å²) in [6, 6.07) is 9.63. The van der Waals surface area contributed by atoms with E-state index in [4.69, 9.17) is 5.73 Å². The minimum atomic E-state index is -2.68. The molecule has 1 fully saturated rings. The van der Waals surface area contributed by atoms with Crippen LogP contribution in [-0.2, 0) is 32.0 Å². The third-order valence-corrected chi connectivity index (χ3v) is 9.05. The Balaban J connectivity index is 1.56. The number of nitrogens with two attached hydrogens (primary N) is 1. The van der Waals surface area contributed by atoms with Gasteiger partial charge < -0.3 is 31.1 Å². The highest BCUT2D eigenvalue weighted by Crippen LogP contribution is 2.53. The number of aliphatic hydroxyl groups excluding tert-OH is 2. The van der Waals surface area contributed by atoms with E-state index in [1.807, 2.05) is 43.3 Å². The normalized spacial score (nSPS) is 24.8. The first kappa shape index (κ1) is 31.1. The topological polar surface area (TPSA) is 182 Å². The molecule has 3 aliphatic carbocycles. The first-order chi connectivity index (χ1) is 20.7. The lowest BCUT2D eigenvalue weighted by molar-refractivity contribution is -0.153. The van der Waals surface area contributed by atoms with Gasteiger partial charge in [-0.3, -0.25) is 24.1 Å². The fourth-order valence-corrected chi connectivity index (χ4v) is 7.08. The van der Waals surface area contributed by atoms with Crippen LogP contribution in [0.4, 0.5) is 0 Å². The molecule has 5 rings (SSSR count). The van der Waals surface area contributed by atoms with Crippen LogP contribution in [0.1, 0.15) is 29.5 Å². The third-order valence-electron chi connectivity index (χ3n) is 9.05. The van der Waals surface area contributed by atoms with Crippen molar-refractivity contribution >= 4 is 29.0 Å². The van der Waals surface area contributed by atoms with Crippen molar-refractivity contribution in [3.05, 3.63) is 70.0 Å². The van der Waals surface area contributed by atoms with Crippen molar-refractivity contribution in [2.45, 2.75) is 37.3 Å². The third kappa shape index (κ3) is 4.90. The summed E-state index contributed by atoms with van der Waals surface area (Å²) >= 11 is 0. The number of benzene rings is 2. The molecule has 2 aromatic rings. The van der Waals surface area contributed by atoms with E-state index in [2.05, 4.69) is 0 Å². The number of likely N-dealkylation sites (N-methyl/N-ethyl adjacent to an activating group) is 2. The average Bonchev–Trinajstić information content (AvgIpc) is 2.93. The minimum absolute atomic E-state index is 0.0147. The molecule has 0 heterocycles. The van der Waals surface area contributed by atoms with Gasteiger partial charge in [0, 0.05) is 17.9 Å². The number of fused-ring (bicyclic) bond motifs is 3. The Labute approximate surface area is 254 Å². The number of aryl methyl sites for hydroxylation is 1. The van der Waals surface area contributed by atoms with Gasteiger partial charge in [-0.25, -0.2) is 0 Å². The number of carbonyl (C=O) groups is 4. The van der Waals surface area contributed by atoms with Gasteiger partial charge in [0.05, 0.1) is 18.2 Å². The molecule has 0 aromatic heterocycles. The standard InChI is InChI=1S/C33H37N3O8/c1-35(2)15-19(37)10-7-16-5-8-17(9-6-16)20-11-12-23(38)25-21(20)13-18-14-22-27(36(3)4)29(40)26(32(34)43)31(42)33(22,44)30(41)24(18)28(25)39/h5-6,8-9,11-12,18,22,27,38-39,42,44H,7,10,13-15H2,1-4H3,(H2,34,43). The van der Waals surface area contributed by atoms with Gasteiger partial charge in [-0.15, -0.1) is 0 Å². The molecule has 1 amide bonds. The number of rotatable bonds is 8. The number of ketones is 3. The first-order valence-electron chi connectivity index (χ1n) is 14.4. The second kappa shape index (κ2) is 11.3. The molecule has 0 aliphatic heterocycles. The number of primary amides is 1. The van der Waals surface area contributed by atoms with Crippen LogP contribution < -0.4 is 5.73 Å². The molecule has 3 aliphatic rings.